The van der Waals surface area contributed by atoms with Crippen molar-refractivity contribution in [3.63, 3.8) is 0 Å². The molecular formula is C16H18N2O3S. The number of hydrogen-bond acceptors (Lipinski definition) is 5. The molecule has 0 spiro atoms. The fraction of sp³-hybridized carbons (Fsp3) is 0.375. The maximum absolute atomic E-state index is 12.4. The lowest BCUT2D eigenvalue weighted by Crippen LogP contribution is -2.39. The van der Waals surface area contributed by atoms with E-state index in [-0.39, 0.29) is 5.91 Å². The first kappa shape index (κ1) is 15.3. The van der Waals surface area contributed by atoms with Crippen LogP contribution in [0.1, 0.15) is 5.56 Å². The van der Waals surface area contributed by atoms with Gasteiger partial charge in [0.15, 0.2) is 6.10 Å². The molecule has 0 aliphatic carbocycles. The summed E-state index contributed by atoms with van der Waals surface area (Å²) in [7, 11) is 0. The second-order valence-electron chi connectivity index (χ2n) is 5.06. The molecule has 5 nitrogen and oxygen atoms in total. The molecule has 1 N–H and O–H groups in total. The normalized spacial score (nSPS) is 18.4. The summed E-state index contributed by atoms with van der Waals surface area (Å²) in [4.78, 5) is 17.0. The van der Waals surface area contributed by atoms with Gasteiger partial charge in [0.25, 0.3) is 5.91 Å². The number of anilines is 1. The van der Waals surface area contributed by atoms with E-state index in [1.54, 1.807) is 0 Å². The summed E-state index contributed by atoms with van der Waals surface area (Å²) in [5, 5.41) is 4.81. The zero-order valence-electron chi connectivity index (χ0n) is 12.6. The fourth-order valence-electron chi connectivity index (χ4n) is 2.49. The molecule has 1 aromatic heterocycles. The molecule has 116 valence electrons. The fourth-order valence-corrected chi connectivity index (χ4v) is 3.08. The van der Waals surface area contributed by atoms with E-state index < -0.39 is 6.10 Å². The van der Waals surface area contributed by atoms with E-state index in [1.807, 2.05) is 37.4 Å². The van der Waals surface area contributed by atoms with Gasteiger partial charge < -0.3 is 14.8 Å². The van der Waals surface area contributed by atoms with Gasteiger partial charge in [-0.25, -0.2) is 4.98 Å². The summed E-state index contributed by atoms with van der Waals surface area (Å²) in [6.07, 6.45) is 1.39. The lowest BCUT2D eigenvalue weighted by molar-refractivity contribution is -0.142. The number of fused-ring (bicyclic) bond motifs is 1. The summed E-state index contributed by atoms with van der Waals surface area (Å²) in [6.45, 7) is 3.27. The van der Waals surface area contributed by atoms with Crippen molar-refractivity contribution in [2.24, 2.45) is 0 Å². The van der Waals surface area contributed by atoms with Crippen molar-refractivity contribution in [3.8, 4) is 0 Å². The number of thioether (sulfide) groups is 1. The number of pyridine rings is 1. The first-order valence-corrected chi connectivity index (χ1v) is 8.36. The van der Waals surface area contributed by atoms with E-state index >= 15 is 0 Å². The van der Waals surface area contributed by atoms with E-state index in [4.69, 9.17) is 9.47 Å². The van der Waals surface area contributed by atoms with Crippen LogP contribution < -0.4 is 5.32 Å². The minimum Gasteiger partial charge on any atom is -0.376 e. The summed E-state index contributed by atoms with van der Waals surface area (Å²) in [6, 6.07) is 7.92. The zero-order chi connectivity index (χ0) is 15.5. The van der Waals surface area contributed by atoms with Crippen LogP contribution in [0.3, 0.4) is 0 Å². The minimum absolute atomic E-state index is 0.185. The van der Waals surface area contributed by atoms with Gasteiger partial charge >= 0.3 is 0 Å². The van der Waals surface area contributed by atoms with Crippen LogP contribution in [0.5, 0.6) is 0 Å². The van der Waals surface area contributed by atoms with Crippen molar-refractivity contribution in [3.05, 3.63) is 29.8 Å². The molecular weight excluding hydrogens is 300 g/mol. The molecule has 22 heavy (non-hydrogen) atoms. The summed E-state index contributed by atoms with van der Waals surface area (Å²) in [5.74, 6) is -0.185. The molecule has 1 atom stereocenters. The number of amides is 1. The molecule has 1 fully saturated rings. The lowest BCUT2D eigenvalue weighted by Gasteiger charge is -2.23. The van der Waals surface area contributed by atoms with E-state index in [2.05, 4.69) is 10.3 Å². The first-order chi connectivity index (χ1) is 10.7. The number of para-hydroxylation sites is 1. The Balaban J connectivity index is 1.94. The highest BCUT2D eigenvalue weighted by atomic mass is 32.2. The van der Waals surface area contributed by atoms with Crippen LogP contribution in [0.15, 0.2) is 29.3 Å². The number of carbonyl (C=O) groups excluding carboxylic acids is 1. The van der Waals surface area contributed by atoms with Gasteiger partial charge in [-0.05, 0) is 24.8 Å². The van der Waals surface area contributed by atoms with Crippen LogP contribution in [0.4, 0.5) is 5.69 Å². The van der Waals surface area contributed by atoms with E-state index in [0.29, 0.717) is 19.8 Å². The van der Waals surface area contributed by atoms with Crippen LogP contribution in [0, 0.1) is 6.92 Å². The predicted molar refractivity (Wildman–Crippen MR) is 87.4 cm³/mol. The standard InChI is InChI=1S/C16H18N2O3S/c1-10-11-5-3-4-6-12(11)17-16(22-2)14(10)18-15(19)13-9-20-7-8-21-13/h3-6,13H,7-9H2,1-2H3,(H,18,19). The molecule has 6 heteroatoms. The Hall–Kier alpha value is -1.63. The number of benzene rings is 1. The maximum Gasteiger partial charge on any atom is 0.255 e. The van der Waals surface area contributed by atoms with Crippen molar-refractivity contribution in [1.29, 1.82) is 0 Å². The number of carbonyl (C=O) groups is 1. The highest BCUT2D eigenvalue weighted by molar-refractivity contribution is 7.98. The van der Waals surface area contributed by atoms with Gasteiger partial charge in [0.2, 0.25) is 0 Å². The number of aryl methyl sites for hydroxylation is 1. The van der Waals surface area contributed by atoms with Gasteiger partial charge in [0.1, 0.15) is 5.03 Å². The summed E-state index contributed by atoms with van der Waals surface area (Å²) < 4.78 is 10.7. The Bertz CT molecular complexity index is 699. The average molecular weight is 318 g/mol. The van der Waals surface area contributed by atoms with Gasteiger partial charge in [0, 0.05) is 5.39 Å². The number of ether oxygens (including phenoxy) is 2. The first-order valence-electron chi connectivity index (χ1n) is 7.14. The Morgan fingerprint density at radius 3 is 2.91 bits per heavy atom. The lowest BCUT2D eigenvalue weighted by atomic mass is 10.1. The Labute approximate surface area is 133 Å². The molecule has 1 aliphatic heterocycles. The van der Waals surface area contributed by atoms with Crippen molar-refractivity contribution in [2.75, 3.05) is 31.4 Å². The van der Waals surface area contributed by atoms with Gasteiger partial charge in [-0.15, -0.1) is 11.8 Å². The van der Waals surface area contributed by atoms with Gasteiger partial charge in [-0.3, -0.25) is 4.79 Å². The van der Waals surface area contributed by atoms with Crippen molar-refractivity contribution < 1.29 is 14.3 Å². The predicted octanol–water partition coefficient (Wildman–Crippen LogP) is 2.62. The molecule has 3 rings (SSSR count). The van der Waals surface area contributed by atoms with Crippen LogP contribution in [0.25, 0.3) is 10.9 Å². The maximum atomic E-state index is 12.4. The third-order valence-electron chi connectivity index (χ3n) is 3.67. The second kappa shape index (κ2) is 6.64. The van der Waals surface area contributed by atoms with Crippen molar-refractivity contribution in [2.45, 2.75) is 18.1 Å². The number of rotatable bonds is 3. The number of nitrogens with zero attached hydrogens (tertiary/aromatic N) is 1. The van der Waals surface area contributed by atoms with Crippen LogP contribution in [-0.2, 0) is 14.3 Å². The van der Waals surface area contributed by atoms with Gasteiger partial charge in [-0.1, -0.05) is 18.2 Å². The molecule has 1 amide bonds. The van der Waals surface area contributed by atoms with Crippen LogP contribution >= 0.6 is 11.8 Å². The SMILES string of the molecule is CSc1nc2ccccc2c(C)c1NC(=O)C1COCCO1. The monoisotopic (exact) mass is 318 g/mol. The Morgan fingerprint density at radius 2 is 2.18 bits per heavy atom. The summed E-state index contributed by atoms with van der Waals surface area (Å²) >= 11 is 1.52. The molecule has 0 bridgehead atoms. The second-order valence-corrected chi connectivity index (χ2v) is 5.86. The molecule has 1 saturated heterocycles. The highest BCUT2D eigenvalue weighted by Gasteiger charge is 2.24. The zero-order valence-corrected chi connectivity index (χ0v) is 13.4. The minimum atomic E-state index is -0.561. The third kappa shape index (κ3) is 2.95. The largest absolute Gasteiger partial charge is 0.376 e. The smallest absolute Gasteiger partial charge is 0.255 e. The van der Waals surface area contributed by atoms with Gasteiger partial charge in [-0.2, -0.15) is 0 Å². The number of hydrogen-bond donors (Lipinski definition) is 1. The summed E-state index contributed by atoms with van der Waals surface area (Å²) in [5.41, 5.74) is 2.70. The molecule has 1 unspecified atom stereocenters. The van der Waals surface area contributed by atoms with Crippen molar-refractivity contribution >= 4 is 34.3 Å². The van der Waals surface area contributed by atoms with E-state index in [1.165, 1.54) is 11.8 Å². The average Bonchev–Trinajstić information content (AvgIpc) is 2.58. The van der Waals surface area contributed by atoms with E-state index in [0.717, 1.165) is 27.2 Å². The molecule has 0 saturated carbocycles. The van der Waals surface area contributed by atoms with Crippen molar-refractivity contribution in [1.82, 2.24) is 4.98 Å². The Kier molecular flexibility index (Phi) is 4.61. The number of aromatic nitrogens is 1. The third-order valence-corrected chi connectivity index (χ3v) is 4.35. The molecule has 2 heterocycles. The number of nitrogens with one attached hydrogen (secondary N) is 1. The highest BCUT2D eigenvalue weighted by Crippen LogP contribution is 2.32. The Morgan fingerprint density at radius 1 is 1.36 bits per heavy atom. The molecule has 1 aromatic carbocycles. The quantitative estimate of drug-likeness (QED) is 0.882. The van der Waals surface area contributed by atoms with Crippen LogP contribution in [0.2, 0.25) is 0 Å². The topological polar surface area (TPSA) is 60.5 Å². The molecule has 1 aliphatic rings. The molecule has 2 aromatic rings. The molecule has 0 radical (unpaired) electrons. The van der Waals surface area contributed by atoms with Gasteiger partial charge in [0.05, 0.1) is 31.0 Å². The van der Waals surface area contributed by atoms with E-state index in [9.17, 15) is 4.79 Å². The van der Waals surface area contributed by atoms with Crippen LogP contribution in [-0.4, -0.2) is 43.1 Å².